The van der Waals surface area contributed by atoms with Crippen LogP contribution in [-0.2, 0) is 14.9 Å². The minimum absolute atomic E-state index is 0.324. The van der Waals surface area contributed by atoms with E-state index in [-0.39, 0.29) is 0 Å². The van der Waals surface area contributed by atoms with Crippen molar-refractivity contribution in [2.45, 2.75) is 5.56 Å². The van der Waals surface area contributed by atoms with Crippen LogP contribution in [0.15, 0.2) is 0 Å². The fourth-order valence-corrected chi connectivity index (χ4v) is 1.19. The Balaban J connectivity index is 2.63. The molecule has 0 spiro atoms. The lowest BCUT2D eigenvalue weighted by Crippen LogP contribution is -2.31. The summed E-state index contributed by atoms with van der Waals surface area (Å²) in [7, 11) is -4.04. The van der Waals surface area contributed by atoms with Crippen molar-refractivity contribution in [3.05, 3.63) is 0 Å². The van der Waals surface area contributed by atoms with Crippen LogP contribution in [0.2, 0.25) is 0 Å². The third-order valence-corrected chi connectivity index (χ3v) is 1.80. The molecule has 0 aliphatic carbocycles. The van der Waals surface area contributed by atoms with Crippen molar-refractivity contribution in [3.63, 3.8) is 0 Å². The monoisotopic (exact) mass is 153 g/mol. The summed E-state index contributed by atoms with van der Waals surface area (Å²) in [5, 5.41) is 2.44. The molecule has 1 saturated heterocycles. The third-order valence-electron chi connectivity index (χ3n) is 0.953. The summed E-state index contributed by atoms with van der Waals surface area (Å²) in [4.78, 5) is 0. The molecule has 6 heteroatoms. The van der Waals surface area contributed by atoms with E-state index in [4.69, 9.17) is 4.55 Å². The first-order chi connectivity index (χ1) is 4.11. The van der Waals surface area contributed by atoms with Gasteiger partial charge in [0.05, 0.1) is 6.61 Å². The van der Waals surface area contributed by atoms with Crippen LogP contribution in [0, 0.1) is 0 Å². The third kappa shape index (κ3) is 1.62. The van der Waals surface area contributed by atoms with Crippen molar-refractivity contribution in [1.82, 2.24) is 5.32 Å². The second kappa shape index (κ2) is 2.22. The van der Waals surface area contributed by atoms with E-state index in [0.717, 1.165) is 0 Å². The van der Waals surface area contributed by atoms with Crippen molar-refractivity contribution in [2.75, 3.05) is 13.2 Å². The molecule has 1 fully saturated rings. The van der Waals surface area contributed by atoms with Gasteiger partial charge in [0.15, 0.2) is 0 Å². The second-order valence-electron chi connectivity index (χ2n) is 1.67. The van der Waals surface area contributed by atoms with Crippen LogP contribution in [0.4, 0.5) is 0 Å². The molecule has 0 aromatic carbocycles. The Labute approximate surface area is 52.8 Å². The largest absolute Gasteiger partial charge is 0.346 e. The maximum atomic E-state index is 10.2. The number of ether oxygens (including phenoxy) is 1. The van der Waals surface area contributed by atoms with E-state index in [1.165, 1.54) is 0 Å². The molecule has 1 heterocycles. The maximum absolute atomic E-state index is 10.2. The lowest BCUT2D eigenvalue weighted by atomic mass is 10.7. The van der Waals surface area contributed by atoms with E-state index in [1.54, 1.807) is 0 Å². The van der Waals surface area contributed by atoms with Crippen LogP contribution < -0.4 is 5.32 Å². The topological polar surface area (TPSA) is 75.6 Å². The lowest BCUT2D eigenvalue weighted by Gasteiger charge is -2.03. The van der Waals surface area contributed by atoms with E-state index >= 15 is 0 Å². The predicted molar refractivity (Wildman–Crippen MR) is 29.3 cm³/mol. The van der Waals surface area contributed by atoms with Gasteiger partial charge >= 0.3 is 10.1 Å². The molecule has 0 aromatic rings. The summed E-state index contributed by atoms with van der Waals surface area (Å²) in [6, 6.07) is 0. The van der Waals surface area contributed by atoms with Crippen molar-refractivity contribution >= 4 is 10.1 Å². The average molecular weight is 153 g/mol. The second-order valence-corrected chi connectivity index (χ2v) is 3.13. The fourth-order valence-electron chi connectivity index (χ4n) is 0.593. The number of hydrogen-bond acceptors (Lipinski definition) is 4. The van der Waals surface area contributed by atoms with E-state index in [1.807, 2.05) is 0 Å². The summed E-state index contributed by atoms with van der Waals surface area (Å²) in [6.45, 7) is 0.787. The van der Waals surface area contributed by atoms with Crippen molar-refractivity contribution in [1.29, 1.82) is 0 Å². The Bertz CT molecular complexity index is 180. The molecule has 2 N–H and O–H groups in total. The predicted octanol–water partition coefficient (Wildman–Crippen LogP) is -1.22. The van der Waals surface area contributed by atoms with Gasteiger partial charge in [-0.2, -0.15) is 8.42 Å². The molecular weight excluding hydrogens is 146 g/mol. The zero-order chi connectivity index (χ0) is 6.91. The van der Waals surface area contributed by atoms with Gasteiger partial charge < -0.3 is 4.74 Å². The molecule has 1 atom stereocenters. The Hall–Kier alpha value is -0.170. The van der Waals surface area contributed by atoms with Crippen LogP contribution in [0.3, 0.4) is 0 Å². The molecule has 54 valence electrons. The van der Waals surface area contributed by atoms with Gasteiger partial charge in [-0.05, 0) is 0 Å². The number of rotatable bonds is 1. The summed E-state index contributed by atoms with van der Waals surface area (Å²) in [5.74, 6) is 0. The molecular formula is C3H7NO4S. The van der Waals surface area contributed by atoms with Crippen molar-refractivity contribution in [2.24, 2.45) is 0 Å². The highest BCUT2D eigenvalue weighted by molar-refractivity contribution is 7.86. The van der Waals surface area contributed by atoms with Gasteiger partial charge in [0.25, 0.3) is 0 Å². The van der Waals surface area contributed by atoms with Crippen LogP contribution in [0.25, 0.3) is 0 Å². The van der Waals surface area contributed by atoms with Gasteiger partial charge in [-0.15, -0.1) is 0 Å². The van der Waals surface area contributed by atoms with E-state index in [2.05, 4.69) is 10.1 Å². The normalized spacial score (nSPS) is 28.8. The Morgan fingerprint density at radius 3 is 2.56 bits per heavy atom. The Morgan fingerprint density at radius 1 is 1.67 bits per heavy atom. The van der Waals surface area contributed by atoms with E-state index < -0.39 is 15.7 Å². The molecule has 1 rings (SSSR count). The molecule has 5 nitrogen and oxygen atoms in total. The molecule has 0 amide bonds. The van der Waals surface area contributed by atoms with E-state index in [0.29, 0.717) is 13.2 Å². The highest BCUT2D eigenvalue weighted by Gasteiger charge is 2.26. The van der Waals surface area contributed by atoms with Crippen LogP contribution in [0.1, 0.15) is 0 Å². The fraction of sp³-hybridized carbons (Fsp3) is 1.00. The van der Waals surface area contributed by atoms with Gasteiger partial charge in [-0.1, -0.05) is 0 Å². The van der Waals surface area contributed by atoms with Crippen molar-refractivity contribution < 1.29 is 17.7 Å². The Morgan fingerprint density at radius 2 is 2.33 bits per heavy atom. The first-order valence-electron chi connectivity index (χ1n) is 2.42. The minimum atomic E-state index is -4.04. The summed E-state index contributed by atoms with van der Waals surface area (Å²) in [5.41, 5.74) is -1.21. The molecule has 0 saturated carbocycles. The standard InChI is InChI=1S/C3H7NO4S/c5-9(6,7)3-4-1-2-8-3/h3-4H,1-2H2,(H,5,6,7). The number of nitrogens with one attached hydrogen (secondary N) is 1. The van der Waals surface area contributed by atoms with Gasteiger partial charge in [-0.3, -0.25) is 9.87 Å². The average Bonchev–Trinajstić information content (AvgIpc) is 2.08. The number of hydrogen-bond donors (Lipinski definition) is 2. The highest BCUT2D eigenvalue weighted by Crippen LogP contribution is 2.00. The highest BCUT2D eigenvalue weighted by atomic mass is 32.2. The smallest absolute Gasteiger partial charge is 0.306 e. The lowest BCUT2D eigenvalue weighted by molar-refractivity contribution is 0.151. The molecule has 0 aromatic heterocycles. The van der Waals surface area contributed by atoms with Gasteiger partial charge in [0.2, 0.25) is 5.56 Å². The van der Waals surface area contributed by atoms with Gasteiger partial charge in [-0.25, -0.2) is 0 Å². The maximum Gasteiger partial charge on any atom is 0.306 e. The molecule has 0 bridgehead atoms. The minimum Gasteiger partial charge on any atom is -0.346 e. The van der Waals surface area contributed by atoms with Gasteiger partial charge in [0, 0.05) is 6.54 Å². The van der Waals surface area contributed by atoms with Crippen LogP contribution >= 0.6 is 0 Å². The van der Waals surface area contributed by atoms with Gasteiger partial charge in [0.1, 0.15) is 0 Å². The molecule has 1 aliphatic heterocycles. The van der Waals surface area contributed by atoms with Crippen molar-refractivity contribution in [3.8, 4) is 0 Å². The zero-order valence-electron chi connectivity index (χ0n) is 4.57. The summed E-state index contributed by atoms with van der Waals surface area (Å²) in [6.07, 6.45) is 0. The Kier molecular flexibility index (Phi) is 1.71. The summed E-state index contributed by atoms with van der Waals surface area (Å²) < 4.78 is 33.3. The van der Waals surface area contributed by atoms with Crippen LogP contribution in [0.5, 0.6) is 0 Å². The zero-order valence-corrected chi connectivity index (χ0v) is 5.39. The van der Waals surface area contributed by atoms with Crippen LogP contribution in [-0.4, -0.2) is 31.7 Å². The molecule has 9 heavy (non-hydrogen) atoms. The first kappa shape index (κ1) is 6.94. The molecule has 0 radical (unpaired) electrons. The SMILES string of the molecule is O=S(=O)(O)C1NCCO1. The molecule has 1 unspecified atom stereocenters. The first-order valence-corrected chi connectivity index (χ1v) is 3.92. The molecule has 1 aliphatic rings. The van der Waals surface area contributed by atoms with E-state index in [9.17, 15) is 8.42 Å². The quantitative estimate of drug-likeness (QED) is 0.462. The summed E-state index contributed by atoms with van der Waals surface area (Å²) >= 11 is 0.